The van der Waals surface area contributed by atoms with Gasteiger partial charge < -0.3 is 31.2 Å². The maximum absolute atomic E-state index is 10.3. The summed E-state index contributed by atoms with van der Waals surface area (Å²) >= 11 is 10.8. The topological polar surface area (TPSA) is 58.6 Å². The molecule has 3 atom stereocenters. The fourth-order valence-corrected chi connectivity index (χ4v) is 4.76. The molecular formula is C24H49O4PS2Zn. The average molecular weight is 562 g/mol. The van der Waals surface area contributed by atoms with Crippen molar-refractivity contribution in [1.82, 2.24) is 0 Å². The van der Waals surface area contributed by atoms with Gasteiger partial charge in [0.2, 0.25) is 0 Å². The minimum absolute atomic E-state index is 0. The standard InChI is InChI=1S/C16H35O2PS2.C8H16O2.Zn/c1-5-9-11-15(7-3)13-17-19(20,21)18-14-16(8-4)12-10-6-2;1-3-5-6-7(4-2)8(9)10;/h15-16H,5-14H2,1-4H3,(H,20,21);7H,3-6H2,1-2H3,(H,9,10);/q;;+2/p-2. The van der Waals surface area contributed by atoms with E-state index in [0.29, 0.717) is 31.5 Å². The Kier molecular flexibility index (Phi) is 29.5. The summed E-state index contributed by atoms with van der Waals surface area (Å²) in [4.78, 5) is 10.3. The number of carboxylic acid groups (broad SMARTS) is 1. The molecule has 0 saturated heterocycles. The summed E-state index contributed by atoms with van der Waals surface area (Å²) < 4.78 is 11.6. The summed E-state index contributed by atoms with van der Waals surface area (Å²) in [7, 11) is 0. The number of unbranched alkanes of at least 4 members (excludes halogenated alkanes) is 3. The smallest absolute Gasteiger partial charge is 0.691 e. The van der Waals surface area contributed by atoms with Crippen LogP contribution in [0.5, 0.6) is 0 Å². The zero-order valence-corrected chi connectivity index (χ0v) is 27.2. The van der Waals surface area contributed by atoms with Crippen LogP contribution in [-0.2, 0) is 57.4 Å². The van der Waals surface area contributed by atoms with Crippen molar-refractivity contribution in [2.24, 2.45) is 17.8 Å². The number of carbonyl (C=O) groups excluding carboxylic acids is 1. The maximum Gasteiger partial charge on any atom is 2.00 e. The van der Waals surface area contributed by atoms with Crippen molar-refractivity contribution >= 4 is 35.7 Å². The summed E-state index contributed by atoms with van der Waals surface area (Å²) in [5.74, 6) is 0.0256. The fourth-order valence-electron chi connectivity index (χ4n) is 3.17. The van der Waals surface area contributed by atoms with Crippen LogP contribution >= 0.6 is 5.69 Å². The Labute approximate surface area is 222 Å². The van der Waals surface area contributed by atoms with Crippen molar-refractivity contribution in [3.8, 4) is 0 Å². The zero-order chi connectivity index (χ0) is 24.1. The predicted octanol–water partition coefficient (Wildman–Crippen LogP) is 7.17. The third-order valence-electron chi connectivity index (χ3n) is 5.76. The molecule has 0 heterocycles. The van der Waals surface area contributed by atoms with E-state index in [0.717, 1.165) is 32.1 Å². The van der Waals surface area contributed by atoms with Gasteiger partial charge in [-0.2, -0.15) is 0 Å². The molecule has 32 heavy (non-hydrogen) atoms. The molecule has 4 nitrogen and oxygen atoms in total. The quantitative estimate of drug-likeness (QED) is 0.0946. The second kappa shape index (κ2) is 25.1. The Hall–Kier alpha value is 1.01. The van der Waals surface area contributed by atoms with E-state index in [9.17, 15) is 9.90 Å². The maximum atomic E-state index is 10.3. The molecule has 3 unspecified atom stereocenters. The second-order valence-corrected chi connectivity index (χ2v) is 13.4. The molecule has 0 rings (SSSR count). The Morgan fingerprint density at radius 2 is 1.19 bits per heavy atom. The SMILES string of the molecule is CCCCC(CC)C(=O)[O-].CCCCC(CC)COP(=S)([S-])OCC(CC)CCCC.[Zn+2]. The van der Waals surface area contributed by atoms with Crippen LogP contribution in [0.25, 0.3) is 0 Å². The number of hydrogen-bond donors (Lipinski definition) is 0. The molecule has 0 aliphatic heterocycles. The van der Waals surface area contributed by atoms with Crippen LogP contribution in [0.15, 0.2) is 0 Å². The minimum Gasteiger partial charge on any atom is -0.691 e. The number of hydrogen-bond acceptors (Lipinski definition) is 6. The molecule has 0 radical (unpaired) electrons. The van der Waals surface area contributed by atoms with Gasteiger partial charge in [-0.1, -0.05) is 105 Å². The van der Waals surface area contributed by atoms with Crippen LogP contribution in [-0.4, -0.2) is 19.2 Å². The first-order valence-corrected chi connectivity index (χ1v) is 16.2. The van der Waals surface area contributed by atoms with Gasteiger partial charge in [-0.25, -0.2) is 0 Å². The molecular weight excluding hydrogens is 513 g/mol. The predicted molar refractivity (Wildman–Crippen MR) is 138 cm³/mol. The number of carboxylic acids is 1. The fraction of sp³-hybridized carbons (Fsp3) is 0.958. The van der Waals surface area contributed by atoms with Crippen molar-refractivity contribution in [3.63, 3.8) is 0 Å². The minimum atomic E-state index is -2.47. The van der Waals surface area contributed by atoms with Crippen LogP contribution in [0, 0.1) is 17.8 Å². The first kappa shape index (κ1) is 37.6. The molecule has 0 aromatic carbocycles. The summed E-state index contributed by atoms with van der Waals surface area (Å²) in [5, 5.41) is 10.3. The number of carbonyl (C=O) groups is 1. The van der Waals surface area contributed by atoms with Crippen LogP contribution in [0.4, 0.5) is 0 Å². The molecule has 0 spiro atoms. The van der Waals surface area contributed by atoms with Crippen LogP contribution < -0.4 is 5.11 Å². The van der Waals surface area contributed by atoms with Crippen molar-refractivity contribution < 1.29 is 38.4 Å². The van der Waals surface area contributed by atoms with Gasteiger partial charge in [-0.3, -0.25) is 0 Å². The van der Waals surface area contributed by atoms with E-state index in [1.165, 1.54) is 38.5 Å². The molecule has 0 aliphatic carbocycles. The molecule has 0 bridgehead atoms. The van der Waals surface area contributed by atoms with Gasteiger partial charge in [0.25, 0.3) is 0 Å². The monoisotopic (exact) mass is 560 g/mol. The van der Waals surface area contributed by atoms with Crippen molar-refractivity contribution in [2.75, 3.05) is 13.2 Å². The Balaban J connectivity index is -0.000000646. The van der Waals surface area contributed by atoms with E-state index in [4.69, 9.17) is 33.1 Å². The van der Waals surface area contributed by atoms with Gasteiger partial charge in [-0.05, 0) is 43.4 Å². The van der Waals surface area contributed by atoms with E-state index in [-0.39, 0.29) is 25.4 Å². The molecule has 188 valence electrons. The van der Waals surface area contributed by atoms with Crippen LogP contribution in [0.2, 0.25) is 0 Å². The van der Waals surface area contributed by atoms with E-state index < -0.39 is 11.7 Å². The van der Waals surface area contributed by atoms with E-state index in [2.05, 4.69) is 34.6 Å². The average Bonchev–Trinajstić information content (AvgIpc) is 2.75. The summed E-state index contributed by atoms with van der Waals surface area (Å²) in [5.41, 5.74) is -2.47. The summed E-state index contributed by atoms with van der Waals surface area (Å²) in [6.07, 6.45) is 13.1. The molecule has 0 aromatic rings. The molecule has 0 aromatic heterocycles. The van der Waals surface area contributed by atoms with E-state index in [1.54, 1.807) is 0 Å². The normalized spacial score (nSPS) is 15.5. The third-order valence-corrected chi connectivity index (χ3v) is 7.95. The molecule has 0 saturated carbocycles. The second-order valence-electron chi connectivity index (χ2n) is 8.44. The Morgan fingerprint density at radius 1 is 0.812 bits per heavy atom. The van der Waals surface area contributed by atoms with Gasteiger partial charge in [-0.15, -0.1) is 0 Å². The molecule has 0 amide bonds. The van der Waals surface area contributed by atoms with Gasteiger partial charge in [0.05, 0.1) is 18.9 Å². The Bertz CT molecular complexity index is 445. The van der Waals surface area contributed by atoms with Crippen molar-refractivity contribution in [2.45, 2.75) is 119 Å². The van der Waals surface area contributed by atoms with Gasteiger partial charge >= 0.3 is 19.5 Å². The zero-order valence-electron chi connectivity index (χ0n) is 21.7. The largest absolute Gasteiger partial charge is 2.00 e. The molecule has 0 N–H and O–H groups in total. The van der Waals surface area contributed by atoms with E-state index in [1.807, 2.05) is 6.92 Å². The summed E-state index contributed by atoms with van der Waals surface area (Å²) in [6, 6.07) is 0. The first-order valence-electron chi connectivity index (χ1n) is 12.5. The van der Waals surface area contributed by atoms with Crippen molar-refractivity contribution in [1.29, 1.82) is 0 Å². The van der Waals surface area contributed by atoms with E-state index >= 15 is 0 Å². The molecule has 0 aliphatic rings. The molecule has 0 fully saturated rings. The summed E-state index contributed by atoms with van der Waals surface area (Å²) in [6.45, 7) is 14.1. The van der Waals surface area contributed by atoms with Crippen LogP contribution in [0.1, 0.15) is 119 Å². The molecule has 8 heteroatoms. The van der Waals surface area contributed by atoms with Crippen molar-refractivity contribution in [3.05, 3.63) is 0 Å². The first-order chi connectivity index (χ1) is 14.7. The number of rotatable bonds is 19. The van der Waals surface area contributed by atoms with Crippen LogP contribution in [0.3, 0.4) is 0 Å². The van der Waals surface area contributed by atoms with Gasteiger partial charge in [0, 0.05) is 5.97 Å². The van der Waals surface area contributed by atoms with Gasteiger partial charge in [0.15, 0.2) is 0 Å². The Morgan fingerprint density at radius 3 is 1.47 bits per heavy atom. The number of aliphatic carboxylic acids is 1. The third kappa shape index (κ3) is 22.8. The van der Waals surface area contributed by atoms with Gasteiger partial charge in [0.1, 0.15) is 0 Å².